The van der Waals surface area contributed by atoms with E-state index in [2.05, 4.69) is 4.72 Å². The zero-order valence-electron chi connectivity index (χ0n) is 10.3. The zero-order chi connectivity index (χ0) is 12.7. The van der Waals surface area contributed by atoms with Gasteiger partial charge in [0.1, 0.15) is 0 Å². The zero-order valence-corrected chi connectivity index (χ0v) is 11.1. The first kappa shape index (κ1) is 14.8. The van der Waals surface area contributed by atoms with E-state index < -0.39 is 10.2 Å². The van der Waals surface area contributed by atoms with E-state index in [1.165, 1.54) is 4.31 Å². The third-order valence-corrected chi connectivity index (χ3v) is 4.57. The lowest BCUT2D eigenvalue weighted by Crippen LogP contribution is -2.50. The highest BCUT2D eigenvalue weighted by Crippen LogP contribution is 2.19. The lowest BCUT2D eigenvalue weighted by molar-refractivity contribution is 0.153. The molecule has 1 fully saturated rings. The molecule has 0 aromatic heterocycles. The normalized spacial score (nSPS) is 22.8. The average Bonchev–Trinajstić information content (AvgIpc) is 2.34. The lowest BCUT2D eigenvalue weighted by Gasteiger charge is -2.33. The van der Waals surface area contributed by atoms with Crippen LogP contribution in [0.1, 0.15) is 25.7 Å². The summed E-state index contributed by atoms with van der Waals surface area (Å²) in [6, 6.07) is -0.274. The van der Waals surface area contributed by atoms with Crippen molar-refractivity contribution in [2.75, 3.05) is 33.4 Å². The molecule has 7 heteroatoms. The van der Waals surface area contributed by atoms with Crippen LogP contribution < -0.4 is 4.72 Å². The third-order valence-electron chi connectivity index (χ3n) is 2.90. The molecule has 0 spiro atoms. The summed E-state index contributed by atoms with van der Waals surface area (Å²) >= 11 is 0. The van der Waals surface area contributed by atoms with Gasteiger partial charge in [-0.2, -0.15) is 12.7 Å². The van der Waals surface area contributed by atoms with Crippen LogP contribution in [0, 0.1) is 0 Å². The highest BCUT2D eigenvalue weighted by atomic mass is 32.2. The minimum Gasteiger partial charge on any atom is -0.395 e. The number of hydrogen-bond acceptors (Lipinski definition) is 4. The van der Waals surface area contributed by atoms with E-state index >= 15 is 0 Å². The minimum absolute atomic E-state index is 0.112. The first-order valence-corrected chi connectivity index (χ1v) is 7.42. The van der Waals surface area contributed by atoms with Gasteiger partial charge in [-0.15, -0.1) is 0 Å². The first-order valence-electron chi connectivity index (χ1n) is 5.98. The van der Waals surface area contributed by atoms with Crippen molar-refractivity contribution in [3.05, 3.63) is 0 Å². The van der Waals surface area contributed by atoms with Crippen molar-refractivity contribution in [1.82, 2.24) is 9.03 Å². The van der Waals surface area contributed by atoms with Gasteiger partial charge in [-0.05, 0) is 19.3 Å². The molecule has 0 aromatic carbocycles. The molecular weight excluding hydrogens is 244 g/mol. The Morgan fingerprint density at radius 1 is 1.47 bits per heavy atom. The molecule has 1 aliphatic heterocycles. The van der Waals surface area contributed by atoms with Gasteiger partial charge < -0.3 is 9.84 Å². The molecule has 0 radical (unpaired) electrons. The predicted octanol–water partition coefficient (Wildman–Crippen LogP) is -0.296. The predicted molar refractivity (Wildman–Crippen MR) is 64.8 cm³/mol. The molecule has 1 saturated heterocycles. The lowest BCUT2D eigenvalue weighted by atomic mass is 10.1. The minimum atomic E-state index is -3.46. The SMILES string of the molecule is COCCCNS(=O)(=O)N1CCCCC1CO. The molecule has 1 rings (SSSR count). The Bertz CT molecular complexity index is 307. The molecule has 0 aromatic rings. The number of ether oxygens (including phenoxy) is 1. The number of rotatable bonds is 7. The summed E-state index contributed by atoms with van der Waals surface area (Å²) < 4.78 is 32.7. The van der Waals surface area contributed by atoms with E-state index in [-0.39, 0.29) is 12.6 Å². The van der Waals surface area contributed by atoms with Crippen molar-refractivity contribution >= 4 is 10.2 Å². The van der Waals surface area contributed by atoms with Crippen LogP contribution in [-0.2, 0) is 14.9 Å². The van der Waals surface area contributed by atoms with E-state index in [4.69, 9.17) is 4.74 Å². The summed E-state index contributed by atoms with van der Waals surface area (Å²) in [5.74, 6) is 0. The molecule has 102 valence electrons. The number of piperidine rings is 1. The maximum atomic E-state index is 12.0. The molecule has 1 heterocycles. The van der Waals surface area contributed by atoms with E-state index in [0.717, 1.165) is 19.3 Å². The van der Waals surface area contributed by atoms with Crippen LogP contribution >= 0.6 is 0 Å². The molecule has 1 aliphatic rings. The van der Waals surface area contributed by atoms with Crippen LogP contribution in [0.5, 0.6) is 0 Å². The molecule has 0 aliphatic carbocycles. The summed E-state index contributed by atoms with van der Waals surface area (Å²) in [6.07, 6.45) is 3.21. The number of nitrogens with one attached hydrogen (secondary N) is 1. The maximum Gasteiger partial charge on any atom is 0.279 e. The van der Waals surface area contributed by atoms with Crippen LogP contribution in [0.2, 0.25) is 0 Å². The smallest absolute Gasteiger partial charge is 0.279 e. The van der Waals surface area contributed by atoms with Gasteiger partial charge in [-0.25, -0.2) is 4.72 Å². The fraction of sp³-hybridized carbons (Fsp3) is 1.00. The van der Waals surface area contributed by atoms with Gasteiger partial charge in [-0.3, -0.25) is 0 Å². The van der Waals surface area contributed by atoms with Crippen LogP contribution in [0.15, 0.2) is 0 Å². The van der Waals surface area contributed by atoms with Crippen molar-refractivity contribution < 1.29 is 18.3 Å². The largest absolute Gasteiger partial charge is 0.395 e. The molecule has 2 N–H and O–H groups in total. The molecule has 0 saturated carbocycles. The monoisotopic (exact) mass is 266 g/mol. The second-order valence-electron chi connectivity index (χ2n) is 4.19. The molecule has 0 amide bonds. The maximum absolute atomic E-state index is 12.0. The Labute approximate surface area is 103 Å². The number of aliphatic hydroxyl groups is 1. The van der Waals surface area contributed by atoms with Crippen molar-refractivity contribution in [2.24, 2.45) is 0 Å². The quantitative estimate of drug-likeness (QED) is 0.620. The molecule has 6 nitrogen and oxygen atoms in total. The molecule has 1 atom stereocenters. The summed E-state index contributed by atoms with van der Waals surface area (Å²) in [5.41, 5.74) is 0. The van der Waals surface area contributed by atoms with E-state index in [1.54, 1.807) is 7.11 Å². The molecular formula is C10H22N2O4S. The van der Waals surface area contributed by atoms with Crippen LogP contribution in [-0.4, -0.2) is 57.3 Å². The number of aliphatic hydroxyl groups excluding tert-OH is 1. The summed E-state index contributed by atoms with van der Waals surface area (Å²) in [6.45, 7) is 1.28. The standard InChI is InChI=1S/C10H22N2O4S/c1-16-8-4-6-11-17(14,15)12-7-3-2-5-10(12)9-13/h10-11,13H,2-9H2,1H3. The Morgan fingerprint density at radius 3 is 2.88 bits per heavy atom. The van der Waals surface area contributed by atoms with Crippen molar-refractivity contribution in [3.8, 4) is 0 Å². The second-order valence-corrected chi connectivity index (χ2v) is 5.90. The summed E-state index contributed by atoms with van der Waals surface area (Å²) in [5, 5.41) is 9.18. The van der Waals surface area contributed by atoms with Crippen LogP contribution in [0.4, 0.5) is 0 Å². The Hall–Kier alpha value is -0.210. The van der Waals surface area contributed by atoms with Gasteiger partial charge >= 0.3 is 0 Å². The molecule has 1 unspecified atom stereocenters. The first-order chi connectivity index (χ1) is 8.11. The molecule has 0 bridgehead atoms. The van der Waals surface area contributed by atoms with Gasteiger partial charge in [0, 0.05) is 32.8 Å². The Balaban J connectivity index is 2.49. The highest BCUT2D eigenvalue weighted by Gasteiger charge is 2.31. The Kier molecular flexibility index (Phi) is 6.35. The topological polar surface area (TPSA) is 78.9 Å². The van der Waals surface area contributed by atoms with Crippen molar-refractivity contribution in [1.29, 1.82) is 0 Å². The van der Waals surface area contributed by atoms with Crippen molar-refractivity contribution in [3.63, 3.8) is 0 Å². The average molecular weight is 266 g/mol. The highest BCUT2D eigenvalue weighted by molar-refractivity contribution is 7.87. The van der Waals surface area contributed by atoms with E-state index in [0.29, 0.717) is 26.1 Å². The van der Waals surface area contributed by atoms with E-state index in [1.807, 2.05) is 0 Å². The van der Waals surface area contributed by atoms with Crippen LogP contribution in [0.25, 0.3) is 0 Å². The van der Waals surface area contributed by atoms with Gasteiger partial charge in [0.15, 0.2) is 0 Å². The van der Waals surface area contributed by atoms with E-state index in [9.17, 15) is 13.5 Å². The fourth-order valence-corrected chi connectivity index (χ4v) is 3.48. The fourth-order valence-electron chi connectivity index (χ4n) is 1.97. The Morgan fingerprint density at radius 2 is 2.24 bits per heavy atom. The van der Waals surface area contributed by atoms with Gasteiger partial charge in [0.05, 0.1) is 6.61 Å². The third kappa shape index (κ3) is 4.51. The van der Waals surface area contributed by atoms with Gasteiger partial charge in [0.25, 0.3) is 10.2 Å². The summed E-state index contributed by atoms with van der Waals surface area (Å²) in [7, 11) is -1.87. The van der Waals surface area contributed by atoms with Crippen LogP contribution in [0.3, 0.4) is 0 Å². The number of methoxy groups -OCH3 is 1. The van der Waals surface area contributed by atoms with Gasteiger partial charge in [0.2, 0.25) is 0 Å². The van der Waals surface area contributed by atoms with Crippen molar-refractivity contribution in [2.45, 2.75) is 31.7 Å². The van der Waals surface area contributed by atoms with Gasteiger partial charge in [-0.1, -0.05) is 6.42 Å². The number of nitrogens with zero attached hydrogens (tertiary/aromatic N) is 1. The second kappa shape index (κ2) is 7.27. The molecule has 17 heavy (non-hydrogen) atoms. The number of hydrogen-bond donors (Lipinski definition) is 2. The summed E-state index contributed by atoms with van der Waals surface area (Å²) in [4.78, 5) is 0.